The molecule has 1 aliphatic rings. The van der Waals surface area contributed by atoms with Gasteiger partial charge in [0.1, 0.15) is 0 Å². The molecule has 0 aliphatic heterocycles. The van der Waals surface area contributed by atoms with Gasteiger partial charge in [0.05, 0.1) is 9.88 Å². The van der Waals surface area contributed by atoms with Crippen LogP contribution in [0.4, 0.5) is 0 Å². The van der Waals surface area contributed by atoms with Gasteiger partial charge >= 0.3 is 0 Å². The molecule has 156 valence electrons. The SMILES string of the molecule is CNC(=S)[C@]1(c2cccnc2)CCCC[C@H]1CCNS(=O)(=O)c1ccccc1S. The Morgan fingerprint density at radius 3 is 2.76 bits per heavy atom. The molecule has 2 atom stereocenters. The van der Waals surface area contributed by atoms with Gasteiger partial charge in [-0.1, -0.05) is 43.3 Å². The fourth-order valence-corrected chi connectivity index (χ4v) is 6.48. The number of rotatable bonds is 7. The molecule has 0 amide bonds. The molecule has 1 aliphatic carbocycles. The lowest BCUT2D eigenvalue weighted by Crippen LogP contribution is -2.50. The van der Waals surface area contributed by atoms with Gasteiger partial charge < -0.3 is 5.32 Å². The minimum absolute atomic E-state index is 0.205. The van der Waals surface area contributed by atoms with Gasteiger partial charge in [0, 0.05) is 36.3 Å². The van der Waals surface area contributed by atoms with Crippen molar-refractivity contribution >= 4 is 39.9 Å². The molecule has 0 bridgehead atoms. The number of hydrogen-bond acceptors (Lipinski definition) is 5. The molecule has 2 N–H and O–H groups in total. The second kappa shape index (κ2) is 9.55. The van der Waals surface area contributed by atoms with Crippen LogP contribution >= 0.6 is 24.8 Å². The van der Waals surface area contributed by atoms with Gasteiger partial charge in [0.25, 0.3) is 0 Å². The first-order valence-electron chi connectivity index (χ1n) is 9.82. The Kier molecular flexibility index (Phi) is 7.32. The number of thiol groups is 1. The van der Waals surface area contributed by atoms with E-state index in [4.69, 9.17) is 12.2 Å². The molecule has 29 heavy (non-hydrogen) atoms. The molecule has 5 nitrogen and oxygen atoms in total. The summed E-state index contributed by atoms with van der Waals surface area (Å²) in [5, 5.41) is 3.20. The predicted molar refractivity (Wildman–Crippen MR) is 123 cm³/mol. The Bertz CT molecular complexity index is 951. The fraction of sp³-hybridized carbons (Fsp3) is 0.429. The van der Waals surface area contributed by atoms with E-state index in [0.717, 1.165) is 36.2 Å². The molecule has 3 rings (SSSR count). The molecule has 8 heteroatoms. The summed E-state index contributed by atoms with van der Waals surface area (Å²) >= 11 is 10.1. The lowest BCUT2D eigenvalue weighted by atomic mass is 9.61. The number of sulfonamides is 1. The third-order valence-corrected chi connectivity index (χ3v) is 8.45. The van der Waals surface area contributed by atoms with Crippen LogP contribution < -0.4 is 10.0 Å². The third kappa shape index (κ3) is 4.66. The summed E-state index contributed by atoms with van der Waals surface area (Å²) in [4.78, 5) is 5.77. The standard InChI is InChI=1S/C21H27N3O2S3/c1-22-20(28)21(17-8-6-13-23-15-17)12-5-4-7-16(21)11-14-24-29(25,26)19-10-3-2-9-18(19)27/h2-3,6,8-10,13,15-16,24,27H,4-5,7,11-12,14H2,1H3,(H,22,28)/t16-,21+/m0/s1. The normalized spacial score (nSPS) is 22.2. The Labute approximate surface area is 184 Å². The van der Waals surface area contributed by atoms with Crippen molar-refractivity contribution in [1.82, 2.24) is 15.0 Å². The Hall–Kier alpha value is -1.48. The van der Waals surface area contributed by atoms with E-state index in [-0.39, 0.29) is 16.2 Å². The van der Waals surface area contributed by atoms with E-state index in [1.54, 1.807) is 30.5 Å². The summed E-state index contributed by atoms with van der Waals surface area (Å²) in [6.45, 7) is 0.351. The van der Waals surface area contributed by atoms with Crippen LogP contribution in [0.25, 0.3) is 0 Å². The topological polar surface area (TPSA) is 71.1 Å². The average molecular weight is 450 g/mol. The number of thiocarbonyl (C=S) groups is 1. The highest BCUT2D eigenvalue weighted by atomic mass is 32.2. The van der Waals surface area contributed by atoms with Crippen molar-refractivity contribution in [2.24, 2.45) is 5.92 Å². The van der Waals surface area contributed by atoms with Crippen LogP contribution in [0.2, 0.25) is 0 Å². The van der Waals surface area contributed by atoms with Crippen LogP contribution in [-0.2, 0) is 15.4 Å². The predicted octanol–water partition coefficient (Wildman–Crippen LogP) is 3.71. The van der Waals surface area contributed by atoms with Gasteiger partial charge in [0.2, 0.25) is 10.0 Å². The second-order valence-electron chi connectivity index (χ2n) is 7.39. The van der Waals surface area contributed by atoms with Gasteiger partial charge in [-0.2, -0.15) is 0 Å². The minimum atomic E-state index is -3.61. The molecule has 1 aromatic heterocycles. The van der Waals surface area contributed by atoms with E-state index in [2.05, 4.69) is 33.7 Å². The Morgan fingerprint density at radius 2 is 2.07 bits per heavy atom. The maximum atomic E-state index is 12.7. The monoisotopic (exact) mass is 449 g/mol. The van der Waals surface area contributed by atoms with Gasteiger partial charge in [-0.25, -0.2) is 13.1 Å². The van der Waals surface area contributed by atoms with E-state index >= 15 is 0 Å². The largest absolute Gasteiger partial charge is 0.382 e. The van der Waals surface area contributed by atoms with Crippen LogP contribution in [0.3, 0.4) is 0 Å². The van der Waals surface area contributed by atoms with E-state index in [1.807, 2.05) is 19.3 Å². The molecule has 2 aromatic rings. The van der Waals surface area contributed by atoms with Crippen LogP contribution in [0.5, 0.6) is 0 Å². The van der Waals surface area contributed by atoms with Crippen LogP contribution in [0.15, 0.2) is 58.6 Å². The first kappa shape index (κ1) is 22.2. The van der Waals surface area contributed by atoms with Gasteiger partial charge in [0.15, 0.2) is 0 Å². The van der Waals surface area contributed by atoms with Gasteiger partial charge in [-0.3, -0.25) is 4.98 Å². The molecule has 1 heterocycles. The zero-order chi connectivity index (χ0) is 20.9. The quantitative estimate of drug-likeness (QED) is 0.444. The molecule has 1 fully saturated rings. The number of aromatic nitrogens is 1. The summed E-state index contributed by atoms with van der Waals surface area (Å²) in [5.41, 5.74) is 0.788. The highest BCUT2D eigenvalue weighted by Gasteiger charge is 2.45. The Morgan fingerprint density at radius 1 is 1.28 bits per heavy atom. The van der Waals surface area contributed by atoms with Gasteiger partial charge in [-0.15, -0.1) is 12.6 Å². The number of pyridine rings is 1. The molecule has 0 saturated heterocycles. The van der Waals surface area contributed by atoms with Crippen molar-refractivity contribution in [3.05, 3.63) is 54.4 Å². The molecule has 0 unspecified atom stereocenters. The first-order chi connectivity index (χ1) is 13.9. The molecular weight excluding hydrogens is 422 g/mol. The van der Waals surface area contributed by atoms with Crippen molar-refractivity contribution in [3.8, 4) is 0 Å². The van der Waals surface area contributed by atoms with E-state index < -0.39 is 10.0 Å². The maximum Gasteiger partial charge on any atom is 0.241 e. The second-order valence-corrected chi connectivity index (χ2v) is 10.0. The highest BCUT2D eigenvalue weighted by molar-refractivity contribution is 7.90. The van der Waals surface area contributed by atoms with Crippen LogP contribution in [-0.4, -0.2) is 32.0 Å². The smallest absolute Gasteiger partial charge is 0.241 e. The van der Waals surface area contributed by atoms with Crippen molar-refractivity contribution in [2.75, 3.05) is 13.6 Å². The maximum absolute atomic E-state index is 12.7. The van der Waals surface area contributed by atoms with Crippen molar-refractivity contribution < 1.29 is 8.42 Å². The summed E-state index contributed by atoms with van der Waals surface area (Å²) in [7, 11) is -1.75. The molecule has 1 aromatic carbocycles. The fourth-order valence-electron chi connectivity index (χ4n) is 4.43. The lowest BCUT2D eigenvalue weighted by molar-refractivity contribution is 0.239. The van der Waals surface area contributed by atoms with Crippen LogP contribution in [0, 0.1) is 5.92 Å². The molecule has 0 spiro atoms. The van der Waals surface area contributed by atoms with Crippen LogP contribution in [0.1, 0.15) is 37.7 Å². The molecule has 0 radical (unpaired) electrons. The van der Waals surface area contributed by atoms with Gasteiger partial charge in [-0.05, 0) is 48.9 Å². The summed E-state index contributed by atoms with van der Waals surface area (Å²) in [6.07, 6.45) is 8.50. The minimum Gasteiger partial charge on any atom is -0.382 e. The first-order valence-corrected chi connectivity index (χ1v) is 12.2. The lowest BCUT2D eigenvalue weighted by Gasteiger charge is -2.45. The van der Waals surface area contributed by atoms with E-state index in [9.17, 15) is 8.42 Å². The zero-order valence-corrected chi connectivity index (χ0v) is 19.0. The third-order valence-electron chi connectivity index (χ3n) is 5.82. The number of nitrogens with zero attached hydrogens (tertiary/aromatic N) is 1. The zero-order valence-electron chi connectivity index (χ0n) is 16.5. The summed E-state index contributed by atoms with van der Waals surface area (Å²) in [6, 6.07) is 10.7. The number of benzene rings is 1. The average Bonchev–Trinajstić information content (AvgIpc) is 2.74. The van der Waals surface area contributed by atoms with Crippen molar-refractivity contribution in [3.63, 3.8) is 0 Å². The summed E-state index contributed by atoms with van der Waals surface area (Å²) in [5.74, 6) is 0.231. The molecule has 1 saturated carbocycles. The van der Waals surface area contributed by atoms with E-state index in [1.165, 1.54) is 0 Å². The van der Waals surface area contributed by atoms with Crippen molar-refractivity contribution in [1.29, 1.82) is 0 Å². The van der Waals surface area contributed by atoms with Crippen molar-refractivity contribution in [2.45, 2.75) is 47.3 Å². The number of nitrogens with one attached hydrogen (secondary N) is 2. The highest BCUT2D eigenvalue weighted by Crippen LogP contribution is 2.46. The summed E-state index contributed by atoms with van der Waals surface area (Å²) < 4.78 is 28.2. The number of hydrogen-bond donors (Lipinski definition) is 3. The van der Waals surface area contributed by atoms with E-state index in [0.29, 0.717) is 17.9 Å². The Balaban J connectivity index is 1.81. The molecular formula is C21H27N3O2S3. The number of likely N-dealkylation sites (N-methyl/N-ethyl adjacent to an activating group) is 1.